The molecule has 2 nitrogen and oxygen atoms in total. The van der Waals surface area contributed by atoms with Crippen molar-refractivity contribution in [1.82, 2.24) is 10.2 Å². The van der Waals surface area contributed by atoms with Crippen molar-refractivity contribution < 1.29 is 0 Å². The molecule has 0 aromatic heterocycles. The Hall–Kier alpha value is -0.340. The van der Waals surface area contributed by atoms with Crippen LogP contribution in [0, 0.1) is 0 Å². The van der Waals surface area contributed by atoms with E-state index >= 15 is 0 Å². The Kier molecular flexibility index (Phi) is 4.85. The molecule has 1 N–H and O–H groups in total. The van der Waals surface area contributed by atoms with E-state index in [2.05, 4.69) is 37.1 Å². The van der Waals surface area contributed by atoms with Gasteiger partial charge < -0.3 is 5.32 Å². The first kappa shape index (κ1) is 14.1. The molecule has 104 valence electrons. The van der Waals surface area contributed by atoms with E-state index in [0.717, 1.165) is 6.54 Å². The van der Waals surface area contributed by atoms with Crippen molar-refractivity contribution in [3.05, 3.63) is 11.6 Å². The Bertz CT molecular complexity index is 287. The molecule has 2 rings (SSSR count). The molecule has 0 saturated carbocycles. The van der Waals surface area contributed by atoms with Crippen LogP contribution in [-0.2, 0) is 0 Å². The summed E-state index contributed by atoms with van der Waals surface area (Å²) in [5.41, 5.74) is 1.93. The quantitative estimate of drug-likeness (QED) is 0.753. The summed E-state index contributed by atoms with van der Waals surface area (Å²) in [4.78, 5) is 2.69. The second-order valence-corrected chi connectivity index (χ2v) is 6.36. The number of likely N-dealkylation sites (N-methyl/N-ethyl adjacent to an activating group) is 1. The van der Waals surface area contributed by atoms with Gasteiger partial charge in [0.1, 0.15) is 0 Å². The second kappa shape index (κ2) is 6.21. The van der Waals surface area contributed by atoms with E-state index in [1.165, 1.54) is 51.6 Å². The molecular weight excluding hydrogens is 220 g/mol. The first-order valence-electron chi connectivity index (χ1n) is 7.83. The summed E-state index contributed by atoms with van der Waals surface area (Å²) in [6, 6.07) is 0.542. The molecular formula is C16H30N2. The molecule has 0 spiro atoms. The zero-order chi connectivity index (χ0) is 13.0. The summed E-state index contributed by atoms with van der Waals surface area (Å²) < 4.78 is 0. The van der Waals surface area contributed by atoms with Crippen LogP contribution in [0.5, 0.6) is 0 Å². The van der Waals surface area contributed by atoms with Gasteiger partial charge in [0.15, 0.2) is 0 Å². The Morgan fingerprint density at radius 3 is 2.50 bits per heavy atom. The normalized spacial score (nSPS) is 24.1. The molecule has 1 aliphatic carbocycles. The highest BCUT2D eigenvalue weighted by molar-refractivity contribution is 5.20. The molecule has 18 heavy (non-hydrogen) atoms. The number of nitrogens with zero attached hydrogens (tertiary/aromatic N) is 1. The molecule has 1 aliphatic heterocycles. The minimum atomic E-state index is 0.260. The van der Waals surface area contributed by atoms with Crippen LogP contribution >= 0.6 is 0 Å². The number of hydrogen-bond donors (Lipinski definition) is 1. The molecule has 1 saturated heterocycles. The zero-order valence-electron chi connectivity index (χ0n) is 12.5. The van der Waals surface area contributed by atoms with Crippen molar-refractivity contribution in [2.24, 2.45) is 0 Å². The predicted molar refractivity (Wildman–Crippen MR) is 78.9 cm³/mol. The molecule has 0 amide bonds. The number of nitrogens with one attached hydrogen (secondary N) is 1. The summed E-state index contributed by atoms with van der Waals surface area (Å²) in [6.07, 6.45) is 10.6. The Labute approximate surface area is 113 Å². The van der Waals surface area contributed by atoms with Gasteiger partial charge in [-0.15, -0.1) is 0 Å². The Balaban J connectivity index is 2.14. The molecule has 0 aromatic carbocycles. The summed E-state index contributed by atoms with van der Waals surface area (Å²) >= 11 is 0. The first-order valence-corrected chi connectivity index (χ1v) is 7.83. The van der Waals surface area contributed by atoms with Gasteiger partial charge in [-0.25, -0.2) is 0 Å². The van der Waals surface area contributed by atoms with E-state index in [9.17, 15) is 0 Å². The highest BCUT2D eigenvalue weighted by Crippen LogP contribution is 2.31. The molecule has 1 unspecified atom stereocenters. The van der Waals surface area contributed by atoms with E-state index < -0.39 is 0 Å². The summed E-state index contributed by atoms with van der Waals surface area (Å²) in [5.74, 6) is 0. The fourth-order valence-electron chi connectivity index (χ4n) is 3.64. The molecule has 1 atom stereocenters. The average Bonchev–Trinajstić information content (AvgIpc) is 2.91. The largest absolute Gasteiger partial charge is 0.309 e. The van der Waals surface area contributed by atoms with E-state index in [4.69, 9.17) is 0 Å². The highest BCUT2D eigenvalue weighted by atomic mass is 15.2. The van der Waals surface area contributed by atoms with Crippen molar-refractivity contribution in [3.8, 4) is 0 Å². The maximum atomic E-state index is 3.76. The molecule has 1 fully saturated rings. The van der Waals surface area contributed by atoms with Gasteiger partial charge in [-0.1, -0.05) is 18.6 Å². The first-order chi connectivity index (χ1) is 8.66. The van der Waals surface area contributed by atoms with Crippen LogP contribution in [0.4, 0.5) is 0 Å². The lowest BCUT2D eigenvalue weighted by molar-refractivity contribution is 0.119. The van der Waals surface area contributed by atoms with Crippen LogP contribution < -0.4 is 5.32 Å². The molecule has 2 aliphatic rings. The lowest BCUT2D eigenvalue weighted by Crippen LogP contribution is -2.57. The maximum Gasteiger partial charge on any atom is 0.0461 e. The van der Waals surface area contributed by atoms with Gasteiger partial charge in [-0.3, -0.25) is 4.90 Å². The van der Waals surface area contributed by atoms with Crippen molar-refractivity contribution >= 4 is 0 Å². The summed E-state index contributed by atoms with van der Waals surface area (Å²) in [7, 11) is 0. The lowest BCUT2D eigenvalue weighted by atomic mass is 9.82. The third-order valence-electron chi connectivity index (χ3n) is 4.73. The molecule has 1 heterocycles. The van der Waals surface area contributed by atoms with E-state index in [1.54, 1.807) is 5.57 Å². The van der Waals surface area contributed by atoms with Gasteiger partial charge in [-0.2, -0.15) is 0 Å². The average molecular weight is 250 g/mol. The summed E-state index contributed by atoms with van der Waals surface area (Å²) in [6.45, 7) is 10.7. The third-order valence-corrected chi connectivity index (χ3v) is 4.73. The monoisotopic (exact) mass is 250 g/mol. The fourth-order valence-corrected chi connectivity index (χ4v) is 3.64. The van der Waals surface area contributed by atoms with Gasteiger partial charge in [0, 0.05) is 11.6 Å². The second-order valence-electron chi connectivity index (χ2n) is 6.36. The highest BCUT2D eigenvalue weighted by Gasteiger charge is 2.38. The van der Waals surface area contributed by atoms with Gasteiger partial charge in [0.25, 0.3) is 0 Å². The minimum Gasteiger partial charge on any atom is -0.309 e. The van der Waals surface area contributed by atoms with Crippen LogP contribution in [0.2, 0.25) is 0 Å². The Morgan fingerprint density at radius 2 is 1.94 bits per heavy atom. The van der Waals surface area contributed by atoms with Gasteiger partial charge in [0.2, 0.25) is 0 Å². The number of likely N-dealkylation sites (tertiary alicyclic amines) is 1. The van der Waals surface area contributed by atoms with Crippen LogP contribution in [0.3, 0.4) is 0 Å². The van der Waals surface area contributed by atoms with Crippen LogP contribution in [0.1, 0.15) is 59.3 Å². The van der Waals surface area contributed by atoms with E-state index in [1.807, 2.05) is 0 Å². The predicted octanol–water partition coefficient (Wildman–Crippen LogP) is 3.34. The number of allylic oxidation sites excluding steroid dienone is 1. The van der Waals surface area contributed by atoms with Gasteiger partial charge >= 0.3 is 0 Å². The molecule has 2 heteroatoms. The van der Waals surface area contributed by atoms with Crippen LogP contribution in [0.25, 0.3) is 0 Å². The number of rotatable bonds is 5. The lowest BCUT2D eigenvalue weighted by Gasteiger charge is -2.44. The van der Waals surface area contributed by atoms with Crippen LogP contribution in [-0.4, -0.2) is 36.1 Å². The van der Waals surface area contributed by atoms with Gasteiger partial charge in [0.05, 0.1) is 0 Å². The summed E-state index contributed by atoms with van der Waals surface area (Å²) in [5, 5.41) is 3.76. The van der Waals surface area contributed by atoms with Crippen molar-refractivity contribution in [1.29, 1.82) is 0 Å². The standard InChI is InChI=1S/C16H30N2/c1-4-17-15(14-10-6-5-7-11-14)16(2,3)18-12-8-9-13-18/h10,15,17H,4-9,11-13H2,1-3H3. The van der Waals surface area contributed by atoms with E-state index in [-0.39, 0.29) is 5.54 Å². The minimum absolute atomic E-state index is 0.260. The number of hydrogen-bond acceptors (Lipinski definition) is 2. The van der Waals surface area contributed by atoms with E-state index in [0.29, 0.717) is 6.04 Å². The fraction of sp³-hybridized carbons (Fsp3) is 0.875. The van der Waals surface area contributed by atoms with Crippen LogP contribution in [0.15, 0.2) is 11.6 Å². The molecule has 0 bridgehead atoms. The zero-order valence-corrected chi connectivity index (χ0v) is 12.5. The SMILES string of the molecule is CCNC(C1=CCCCC1)C(C)(C)N1CCCC1. The third kappa shape index (κ3) is 2.97. The Morgan fingerprint density at radius 1 is 1.22 bits per heavy atom. The smallest absolute Gasteiger partial charge is 0.0461 e. The molecule has 0 aromatic rings. The van der Waals surface area contributed by atoms with Gasteiger partial charge in [-0.05, 0) is 72.0 Å². The van der Waals surface area contributed by atoms with Crippen molar-refractivity contribution in [3.63, 3.8) is 0 Å². The van der Waals surface area contributed by atoms with Crippen molar-refractivity contribution in [2.75, 3.05) is 19.6 Å². The van der Waals surface area contributed by atoms with Crippen molar-refractivity contribution in [2.45, 2.75) is 70.9 Å². The molecule has 0 radical (unpaired) electrons. The maximum absolute atomic E-state index is 3.76. The topological polar surface area (TPSA) is 15.3 Å².